The van der Waals surface area contributed by atoms with E-state index in [0.29, 0.717) is 36.0 Å². The SMILES string of the molecule is C[C@@H](CCC(=O)NCCCN(C)C)[C@@H]1CC[C@@H]2[C@@H]3[C@@H](C[C@@H](O)[C@]21C)[C@]1(C)CC[C@H](O)C[C@@H]1C[C@@H]3O. The molecule has 4 N–H and O–H groups in total. The highest BCUT2D eigenvalue weighted by molar-refractivity contribution is 5.75. The number of hydrogen-bond donors (Lipinski definition) is 4. The van der Waals surface area contributed by atoms with Gasteiger partial charge in [0.2, 0.25) is 5.91 Å². The van der Waals surface area contributed by atoms with Crippen molar-refractivity contribution in [1.29, 1.82) is 0 Å². The van der Waals surface area contributed by atoms with E-state index >= 15 is 0 Å². The van der Waals surface area contributed by atoms with Gasteiger partial charge in [0.05, 0.1) is 18.3 Å². The van der Waals surface area contributed by atoms with Gasteiger partial charge in [0.15, 0.2) is 0 Å². The molecular weight excluding hydrogens is 440 g/mol. The fourth-order valence-electron chi connectivity index (χ4n) is 9.40. The van der Waals surface area contributed by atoms with E-state index in [9.17, 15) is 20.1 Å². The number of rotatable bonds is 8. The van der Waals surface area contributed by atoms with E-state index in [4.69, 9.17) is 0 Å². The molecule has 0 heterocycles. The molecule has 0 saturated heterocycles. The summed E-state index contributed by atoms with van der Waals surface area (Å²) in [6, 6.07) is 0. The van der Waals surface area contributed by atoms with Gasteiger partial charge >= 0.3 is 0 Å². The minimum Gasteiger partial charge on any atom is -0.393 e. The molecule has 6 heteroatoms. The first-order valence-electron chi connectivity index (χ1n) is 14.4. The van der Waals surface area contributed by atoms with Crippen LogP contribution in [0.2, 0.25) is 0 Å². The molecule has 1 amide bonds. The van der Waals surface area contributed by atoms with Crippen molar-refractivity contribution in [3.63, 3.8) is 0 Å². The maximum Gasteiger partial charge on any atom is 0.220 e. The van der Waals surface area contributed by atoms with E-state index in [1.54, 1.807) is 0 Å². The lowest BCUT2D eigenvalue weighted by molar-refractivity contribution is -0.207. The zero-order chi connectivity index (χ0) is 25.5. The van der Waals surface area contributed by atoms with E-state index < -0.39 is 0 Å². The third-order valence-electron chi connectivity index (χ3n) is 11.5. The first kappa shape index (κ1) is 27.3. The van der Waals surface area contributed by atoms with Crippen LogP contribution < -0.4 is 5.32 Å². The van der Waals surface area contributed by atoms with Crippen LogP contribution in [0.1, 0.15) is 85.0 Å². The van der Waals surface area contributed by atoms with Gasteiger partial charge in [-0.15, -0.1) is 0 Å². The number of nitrogens with one attached hydrogen (secondary N) is 1. The summed E-state index contributed by atoms with van der Waals surface area (Å²) in [5.41, 5.74) is -0.0824. The average molecular weight is 493 g/mol. The van der Waals surface area contributed by atoms with Gasteiger partial charge in [0, 0.05) is 13.0 Å². The molecule has 4 aliphatic carbocycles. The molecule has 4 rings (SSSR count). The van der Waals surface area contributed by atoms with Crippen molar-refractivity contribution in [2.75, 3.05) is 27.2 Å². The molecule has 6 nitrogen and oxygen atoms in total. The standard InChI is InChI=1S/C29H52N2O4/c1-18(7-10-26(35)30-13-6-14-31(4)5)21-8-9-22-27-23(17-25(34)29(21,22)3)28(2)12-11-20(32)15-19(28)16-24(27)33/h18-25,27,32-34H,6-17H2,1-5H3,(H,30,35)/t18-,19+,20-,21-,22+,23+,24-,25+,27+,28+,29-/m0/s1. The monoisotopic (exact) mass is 492 g/mol. The van der Waals surface area contributed by atoms with E-state index in [-0.39, 0.29) is 41.0 Å². The fraction of sp³-hybridized carbons (Fsp3) is 0.966. The zero-order valence-corrected chi connectivity index (χ0v) is 22.9. The topological polar surface area (TPSA) is 93.0 Å². The smallest absolute Gasteiger partial charge is 0.220 e. The Labute approximate surface area is 213 Å². The number of nitrogens with zero attached hydrogens (tertiary/aromatic N) is 1. The Bertz CT molecular complexity index is 746. The third-order valence-corrected chi connectivity index (χ3v) is 11.5. The van der Waals surface area contributed by atoms with Gasteiger partial charge in [-0.05, 0) is 125 Å². The predicted molar refractivity (Wildman–Crippen MR) is 139 cm³/mol. The second-order valence-electron chi connectivity index (χ2n) is 13.5. The lowest BCUT2D eigenvalue weighted by atomic mass is 9.43. The maximum absolute atomic E-state index is 12.4. The van der Waals surface area contributed by atoms with Crippen molar-refractivity contribution in [2.24, 2.45) is 46.3 Å². The normalized spacial score (nSPS) is 46.0. The molecule has 0 aromatic carbocycles. The molecule has 35 heavy (non-hydrogen) atoms. The Morgan fingerprint density at radius 2 is 1.80 bits per heavy atom. The number of aliphatic hydroxyl groups is 3. The quantitative estimate of drug-likeness (QED) is 0.390. The van der Waals surface area contributed by atoms with Crippen LogP contribution in [0.5, 0.6) is 0 Å². The van der Waals surface area contributed by atoms with E-state index in [2.05, 4.69) is 31.0 Å². The minimum atomic E-state index is -0.363. The Kier molecular flexibility index (Phi) is 8.27. The van der Waals surface area contributed by atoms with Gasteiger partial charge in [-0.2, -0.15) is 0 Å². The van der Waals surface area contributed by atoms with Crippen molar-refractivity contribution in [3.8, 4) is 0 Å². The first-order chi connectivity index (χ1) is 16.5. The van der Waals surface area contributed by atoms with Crippen LogP contribution in [0, 0.1) is 46.3 Å². The van der Waals surface area contributed by atoms with E-state index in [1.165, 1.54) is 0 Å². The molecule has 0 bridgehead atoms. The summed E-state index contributed by atoms with van der Waals surface area (Å²) < 4.78 is 0. The molecule has 11 atom stereocenters. The molecule has 202 valence electrons. The highest BCUT2D eigenvalue weighted by Crippen LogP contribution is 2.68. The molecule has 0 radical (unpaired) electrons. The van der Waals surface area contributed by atoms with Crippen LogP contribution in [0.15, 0.2) is 0 Å². The molecule has 0 aromatic heterocycles. The number of carbonyl (C=O) groups excluding carboxylic acids is 1. The van der Waals surface area contributed by atoms with Crippen molar-refractivity contribution >= 4 is 5.91 Å². The molecule has 0 aromatic rings. The highest BCUT2D eigenvalue weighted by atomic mass is 16.3. The lowest BCUT2D eigenvalue weighted by Gasteiger charge is -2.63. The van der Waals surface area contributed by atoms with Gasteiger partial charge in [-0.3, -0.25) is 4.79 Å². The molecule has 0 spiro atoms. The predicted octanol–water partition coefficient (Wildman–Crippen LogP) is 3.43. The van der Waals surface area contributed by atoms with Crippen LogP contribution in [-0.2, 0) is 4.79 Å². The van der Waals surface area contributed by atoms with Crippen LogP contribution in [-0.4, -0.2) is 71.6 Å². The summed E-state index contributed by atoms with van der Waals surface area (Å²) in [7, 11) is 4.09. The number of aliphatic hydroxyl groups excluding tert-OH is 3. The Hall–Kier alpha value is -0.690. The molecule has 0 aliphatic heterocycles. The summed E-state index contributed by atoms with van der Waals surface area (Å²) in [5.74, 6) is 2.17. The van der Waals surface area contributed by atoms with Crippen molar-refractivity contribution in [1.82, 2.24) is 10.2 Å². The molecule has 0 unspecified atom stereocenters. The van der Waals surface area contributed by atoms with E-state index in [0.717, 1.165) is 70.9 Å². The summed E-state index contributed by atoms with van der Waals surface area (Å²) in [4.78, 5) is 14.6. The molecule has 4 fully saturated rings. The van der Waals surface area contributed by atoms with Crippen LogP contribution >= 0.6 is 0 Å². The van der Waals surface area contributed by atoms with Crippen molar-refractivity contribution in [2.45, 2.75) is 103 Å². The summed E-state index contributed by atoms with van der Waals surface area (Å²) in [6.07, 6.45) is 7.81. The summed E-state index contributed by atoms with van der Waals surface area (Å²) >= 11 is 0. The lowest BCUT2D eigenvalue weighted by Crippen LogP contribution is -2.62. The number of fused-ring (bicyclic) bond motifs is 5. The van der Waals surface area contributed by atoms with Gasteiger partial charge in [0.1, 0.15) is 0 Å². The molecular formula is C29H52N2O4. The highest BCUT2D eigenvalue weighted by Gasteiger charge is 2.65. The van der Waals surface area contributed by atoms with Crippen molar-refractivity contribution in [3.05, 3.63) is 0 Å². The maximum atomic E-state index is 12.4. The second-order valence-corrected chi connectivity index (χ2v) is 13.5. The van der Waals surface area contributed by atoms with Crippen LogP contribution in [0.4, 0.5) is 0 Å². The average Bonchev–Trinajstić information content (AvgIpc) is 3.15. The molecule has 4 saturated carbocycles. The largest absolute Gasteiger partial charge is 0.393 e. The fourth-order valence-corrected chi connectivity index (χ4v) is 9.40. The Morgan fingerprint density at radius 3 is 2.51 bits per heavy atom. The van der Waals surface area contributed by atoms with Crippen molar-refractivity contribution < 1.29 is 20.1 Å². The third kappa shape index (κ3) is 5.06. The number of hydrogen-bond acceptors (Lipinski definition) is 5. The van der Waals surface area contributed by atoms with Gasteiger partial charge in [-0.1, -0.05) is 20.8 Å². The van der Waals surface area contributed by atoms with Gasteiger partial charge < -0.3 is 25.5 Å². The minimum absolute atomic E-state index is 0.111. The summed E-state index contributed by atoms with van der Waals surface area (Å²) in [6.45, 7) is 8.65. The van der Waals surface area contributed by atoms with Gasteiger partial charge in [-0.25, -0.2) is 0 Å². The second kappa shape index (κ2) is 10.6. The number of amides is 1. The Morgan fingerprint density at radius 1 is 1.06 bits per heavy atom. The Balaban J connectivity index is 1.41. The first-order valence-corrected chi connectivity index (χ1v) is 14.4. The summed E-state index contributed by atoms with van der Waals surface area (Å²) in [5, 5.41) is 36.5. The number of carbonyl (C=O) groups is 1. The molecule has 4 aliphatic rings. The zero-order valence-electron chi connectivity index (χ0n) is 22.9. The van der Waals surface area contributed by atoms with Crippen LogP contribution in [0.25, 0.3) is 0 Å². The van der Waals surface area contributed by atoms with Gasteiger partial charge in [0.25, 0.3) is 0 Å². The van der Waals surface area contributed by atoms with E-state index in [1.807, 2.05) is 14.1 Å². The van der Waals surface area contributed by atoms with Crippen LogP contribution in [0.3, 0.4) is 0 Å².